The van der Waals surface area contributed by atoms with Crippen LogP contribution in [0, 0.1) is 5.82 Å². The molecule has 0 aliphatic rings. The molecule has 0 fully saturated rings. The van der Waals surface area contributed by atoms with Crippen LogP contribution < -0.4 is 11.1 Å². The molecule has 0 radical (unpaired) electrons. The van der Waals surface area contributed by atoms with Gasteiger partial charge in [-0.3, -0.25) is 4.79 Å². The van der Waals surface area contributed by atoms with Crippen molar-refractivity contribution in [3.8, 4) is 0 Å². The molecule has 3 nitrogen and oxygen atoms in total. The SMILES string of the molecule is CC(NC(=O)c1ccc(CN)cc1)c1cccc(F)c1. The minimum absolute atomic E-state index is 0.190. The first-order chi connectivity index (χ1) is 9.60. The highest BCUT2D eigenvalue weighted by Crippen LogP contribution is 2.14. The van der Waals surface area contributed by atoms with E-state index >= 15 is 0 Å². The Morgan fingerprint density at radius 3 is 2.55 bits per heavy atom. The van der Waals surface area contributed by atoms with E-state index in [2.05, 4.69) is 5.32 Å². The molecule has 0 aliphatic carbocycles. The highest BCUT2D eigenvalue weighted by Gasteiger charge is 2.11. The molecular formula is C16H17FN2O. The molecule has 1 unspecified atom stereocenters. The average molecular weight is 272 g/mol. The summed E-state index contributed by atoms with van der Waals surface area (Å²) in [7, 11) is 0. The zero-order chi connectivity index (χ0) is 14.5. The quantitative estimate of drug-likeness (QED) is 0.899. The van der Waals surface area contributed by atoms with Gasteiger partial charge in [0.25, 0.3) is 5.91 Å². The van der Waals surface area contributed by atoms with E-state index in [1.165, 1.54) is 12.1 Å². The maximum atomic E-state index is 13.1. The van der Waals surface area contributed by atoms with Gasteiger partial charge in [0.05, 0.1) is 6.04 Å². The zero-order valence-electron chi connectivity index (χ0n) is 11.3. The summed E-state index contributed by atoms with van der Waals surface area (Å²) in [5.74, 6) is -0.499. The van der Waals surface area contributed by atoms with Crippen LogP contribution in [0.1, 0.15) is 34.5 Å². The molecule has 0 heterocycles. The zero-order valence-corrected chi connectivity index (χ0v) is 11.3. The molecule has 0 saturated carbocycles. The molecule has 104 valence electrons. The van der Waals surface area contributed by atoms with E-state index in [4.69, 9.17) is 5.73 Å². The molecule has 20 heavy (non-hydrogen) atoms. The van der Waals surface area contributed by atoms with Crippen LogP contribution in [0.25, 0.3) is 0 Å². The third-order valence-corrected chi connectivity index (χ3v) is 3.15. The van der Waals surface area contributed by atoms with Crippen LogP contribution in [0.2, 0.25) is 0 Å². The second-order valence-corrected chi connectivity index (χ2v) is 4.65. The van der Waals surface area contributed by atoms with Gasteiger partial charge in [-0.25, -0.2) is 4.39 Å². The van der Waals surface area contributed by atoms with Gasteiger partial charge in [-0.05, 0) is 42.3 Å². The van der Waals surface area contributed by atoms with E-state index in [0.717, 1.165) is 11.1 Å². The summed E-state index contributed by atoms with van der Waals surface area (Å²) in [6.07, 6.45) is 0. The van der Waals surface area contributed by atoms with Gasteiger partial charge in [0.1, 0.15) is 5.82 Å². The fourth-order valence-electron chi connectivity index (χ4n) is 1.93. The summed E-state index contributed by atoms with van der Waals surface area (Å²) >= 11 is 0. The second-order valence-electron chi connectivity index (χ2n) is 4.65. The third-order valence-electron chi connectivity index (χ3n) is 3.15. The molecule has 2 rings (SSSR count). The van der Waals surface area contributed by atoms with Crippen molar-refractivity contribution in [2.24, 2.45) is 5.73 Å². The van der Waals surface area contributed by atoms with Crippen LogP contribution in [-0.2, 0) is 6.54 Å². The van der Waals surface area contributed by atoms with Crippen molar-refractivity contribution in [3.63, 3.8) is 0 Å². The number of hydrogen-bond acceptors (Lipinski definition) is 2. The fraction of sp³-hybridized carbons (Fsp3) is 0.188. The Morgan fingerprint density at radius 2 is 1.95 bits per heavy atom. The van der Waals surface area contributed by atoms with E-state index in [1.807, 2.05) is 19.1 Å². The Morgan fingerprint density at radius 1 is 1.25 bits per heavy atom. The summed E-state index contributed by atoms with van der Waals surface area (Å²) in [5, 5.41) is 2.84. The minimum Gasteiger partial charge on any atom is -0.346 e. The van der Waals surface area contributed by atoms with Crippen LogP contribution in [0.5, 0.6) is 0 Å². The minimum atomic E-state index is -0.309. The predicted molar refractivity (Wildman–Crippen MR) is 76.6 cm³/mol. The number of hydrogen-bond donors (Lipinski definition) is 2. The lowest BCUT2D eigenvalue weighted by Crippen LogP contribution is -2.26. The monoisotopic (exact) mass is 272 g/mol. The summed E-state index contributed by atoms with van der Waals surface area (Å²) < 4.78 is 13.1. The Kier molecular flexibility index (Phi) is 4.48. The lowest BCUT2D eigenvalue weighted by molar-refractivity contribution is 0.0940. The maximum absolute atomic E-state index is 13.1. The molecule has 3 N–H and O–H groups in total. The molecule has 1 atom stereocenters. The summed E-state index contributed by atoms with van der Waals surface area (Å²) in [6, 6.07) is 13.1. The van der Waals surface area contributed by atoms with Crippen molar-refractivity contribution in [3.05, 3.63) is 71.0 Å². The first kappa shape index (κ1) is 14.2. The van der Waals surface area contributed by atoms with Gasteiger partial charge in [-0.2, -0.15) is 0 Å². The Bertz CT molecular complexity index is 596. The number of benzene rings is 2. The summed E-state index contributed by atoms with van der Waals surface area (Å²) in [6.45, 7) is 2.27. The first-order valence-corrected chi connectivity index (χ1v) is 6.45. The number of carbonyl (C=O) groups is 1. The molecule has 0 aromatic heterocycles. The van der Waals surface area contributed by atoms with Crippen molar-refractivity contribution in [1.82, 2.24) is 5.32 Å². The maximum Gasteiger partial charge on any atom is 0.251 e. The second kappa shape index (κ2) is 6.30. The molecular weight excluding hydrogens is 255 g/mol. The van der Waals surface area contributed by atoms with Crippen LogP contribution >= 0.6 is 0 Å². The first-order valence-electron chi connectivity index (χ1n) is 6.45. The number of nitrogens with two attached hydrogens (primary N) is 1. The Hall–Kier alpha value is -2.20. The van der Waals surface area contributed by atoms with Gasteiger partial charge in [0.15, 0.2) is 0 Å². The molecule has 2 aromatic carbocycles. The molecule has 2 aromatic rings. The van der Waals surface area contributed by atoms with Gasteiger partial charge < -0.3 is 11.1 Å². The van der Waals surface area contributed by atoms with E-state index < -0.39 is 0 Å². The van der Waals surface area contributed by atoms with Gasteiger partial charge in [0, 0.05) is 12.1 Å². The smallest absolute Gasteiger partial charge is 0.251 e. The van der Waals surface area contributed by atoms with Crippen LogP contribution in [0.3, 0.4) is 0 Å². The lowest BCUT2D eigenvalue weighted by Gasteiger charge is -2.14. The summed E-state index contributed by atoms with van der Waals surface area (Å²) in [5.41, 5.74) is 7.78. The van der Waals surface area contributed by atoms with Crippen LogP contribution in [-0.4, -0.2) is 5.91 Å². The van der Waals surface area contributed by atoms with Gasteiger partial charge >= 0.3 is 0 Å². The van der Waals surface area contributed by atoms with E-state index in [-0.39, 0.29) is 17.8 Å². The Labute approximate surface area is 117 Å². The largest absolute Gasteiger partial charge is 0.346 e. The number of amides is 1. The highest BCUT2D eigenvalue weighted by atomic mass is 19.1. The Balaban J connectivity index is 2.06. The number of halogens is 1. The number of nitrogens with one attached hydrogen (secondary N) is 1. The average Bonchev–Trinajstić information content (AvgIpc) is 2.47. The van der Waals surface area contributed by atoms with Crippen LogP contribution in [0.4, 0.5) is 4.39 Å². The lowest BCUT2D eigenvalue weighted by atomic mass is 10.1. The van der Waals surface area contributed by atoms with E-state index in [1.54, 1.807) is 24.3 Å². The van der Waals surface area contributed by atoms with Gasteiger partial charge in [-0.1, -0.05) is 24.3 Å². The van der Waals surface area contributed by atoms with Crippen molar-refractivity contribution in [1.29, 1.82) is 0 Å². The molecule has 0 saturated heterocycles. The topological polar surface area (TPSA) is 55.1 Å². The number of rotatable bonds is 4. The van der Waals surface area contributed by atoms with E-state index in [9.17, 15) is 9.18 Å². The highest BCUT2D eigenvalue weighted by molar-refractivity contribution is 5.94. The molecule has 1 amide bonds. The van der Waals surface area contributed by atoms with Crippen molar-refractivity contribution >= 4 is 5.91 Å². The van der Waals surface area contributed by atoms with E-state index in [0.29, 0.717) is 12.1 Å². The third kappa shape index (κ3) is 3.42. The molecule has 0 aliphatic heterocycles. The van der Waals surface area contributed by atoms with Crippen molar-refractivity contribution in [2.45, 2.75) is 19.5 Å². The van der Waals surface area contributed by atoms with Gasteiger partial charge in [-0.15, -0.1) is 0 Å². The van der Waals surface area contributed by atoms with Crippen molar-refractivity contribution < 1.29 is 9.18 Å². The molecule has 4 heteroatoms. The standard InChI is InChI=1S/C16H17FN2O/c1-11(14-3-2-4-15(17)9-14)19-16(20)13-7-5-12(10-18)6-8-13/h2-9,11H,10,18H2,1H3,(H,19,20). The van der Waals surface area contributed by atoms with Gasteiger partial charge in [0.2, 0.25) is 0 Å². The fourth-order valence-corrected chi connectivity index (χ4v) is 1.93. The molecule has 0 spiro atoms. The normalized spacial score (nSPS) is 11.9. The molecule has 0 bridgehead atoms. The number of carbonyl (C=O) groups excluding carboxylic acids is 1. The summed E-state index contributed by atoms with van der Waals surface area (Å²) in [4.78, 5) is 12.1. The predicted octanol–water partition coefficient (Wildman–Crippen LogP) is 2.78. The van der Waals surface area contributed by atoms with Crippen LogP contribution in [0.15, 0.2) is 48.5 Å². The van der Waals surface area contributed by atoms with Crippen molar-refractivity contribution in [2.75, 3.05) is 0 Å².